The number of hydrogen-bond donors (Lipinski definition) is 1. The number of ether oxygens (including phenoxy) is 1. The number of nitrogens with zero attached hydrogens (tertiary/aromatic N) is 4. The summed E-state index contributed by atoms with van der Waals surface area (Å²) >= 11 is 0. The van der Waals surface area contributed by atoms with Gasteiger partial charge in [-0.1, -0.05) is 0 Å². The highest BCUT2D eigenvalue weighted by molar-refractivity contribution is 5.37. The molecule has 0 unspecified atom stereocenters. The van der Waals surface area contributed by atoms with E-state index in [9.17, 15) is 13.2 Å². The third-order valence-electron chi connectivity index (χ3n) is 3.50. The Morgan fingerprint density at radius 2 is 1.86 bits per heavy atom. The van der Waals surface area contributed by atoms with E-state index in [0.717, 1.165) is 25.7 Å². The SMILES string of the molecule is N[C@H]1CC[C@H](Oc2ccc3nnc(C(F)(F)F)n3n2)CC1. The van der Waals surface area contributed by atoms with Gasteiger partial charge in [-0.25, -0.2) is 0 Å². The molecule has 9 heteroatoms. The van der Waals surface area contributed by atoms with Gasteiger partial charge in [0.2, 0.25) is 5.88 Å². The number of rotatable bonds is 2. The zero-order valence-corrected chi connectivity index (χ0v) is 11.0. The summed E-state index contributed by atoms with van der Waals surface area (Å²) in [6.45, 7) is 0. The molecule has 0 bridgehead atoms. The highest BCUT2D eigenvalue weighted by Gasteiger charge is 2.37. The van der Waals surface area contributed by atoms with Gasteiger partial charge in [0.25, 0.3) is 5.82 Å². The molecule has 1 aliphatic carbocycles. The van der Waals surface area contributed by atoms with E-state index in [0.29, 0.717) is 4.52 Å². The lowest BCUT2D eigenvalue weighted by atomic mass is 9.94. The molecule has 1 fully saturated rings. The molecule has 2 aromatic heterocycles. The molecule has 0 radical (unpaired) electrons. The van der Waals surface area contributed by atoms with Crippen LogP contribution in [-0.4, -0.2) is 32.0 Å². The maximum Gasteiger partial charge on any atom is 0.453 e. The molecule has 0 saturated heterocycles. The zero-order valence-electron chi connectivity index (χ0n) is 11.0. The Morgan fingerprint density at radius 3 is 2.52 bits per heavy atom. The van der Waals surface area contributed by atoms with Gasteiger partial charge in [-0.3, -0.25) is 0 Å². The molecular weight excluding hydrogens is 287 g/mol. The molecule has 0 aromatic carbocycles. The second kappa shape index (κ2) is 5.14. The maximum atomic E-state index is 12.8. The van der Waals surface area contributed by atoms with Crippen LogP contribution < -0.4 is 10.5 Å². The van der Waals surface area contributed by atoms with Gasteiger partial charge in [0, 0.05) is 12.1 Å². The first-order valence-electron chi connectivity index (χ1n) is 6.65. The Labute approximate surface area is 118 Å². The number of aromatic nitrogens is 4. The van der Waals surface area contributed by atoms with Gasteiger partial charge in [0.05, 0.1) is 0 Å². The van der Waals surface area contributed by atoms with Gasteiger partial charge >= 0.3 is 6.18 Å². The monoisotopic (exact) mass is 301 g/mol. The van der Waals surface area contributed by atoms with Crippen LogP contribution in [0.5, 0.6) is 5.88 Å². The number of fused-ring (bicyclic) bond motifs is 1. The summed E-state index contributed by atoms with van der Waals surface area (Å²) in [6, 6.07) is 3.08. The largest absolute Gasteiger partial charge is 0.473 e. The minimum atomic E-state index is -4.61. The molecule has 3 rings (SSSR count). The van der Waals surface area contributed by atoms with Crippen LogP contribution in [0.15, 0.2) is 12.1 Å². The molecule has 0 amide bonds. The topological polar surface area (TPSA) is 78.3 Å². The van der Waals surface area contributed by atoms with Gasteiger partial charge in [0.15, 0.2) is 5.65 Å². The summed E-state index contributed by atoms with van der Waals surface area (Å²) < 4.78 is 44.6. The van der Waals surface area contributed by atoms with Gasteiger partial charge in [-0.15, -0.1) is 15.3 Å². The summed E-state index contributed by atoms with van der Waals surface area (Å²) in [4.78, 5) is 0. The second-order valence-corrected chi connectivity index (χ2v) is 5.12. The average molecular weight is 301 g/mol. The molecule has 6 nitrogen and oxygen atoms in total. The molecule has 0 spiro atoms. The molecular formula is C12H14F3N5O. The fourth-order valence-corrected chi connectivity index (χ4v) is 2.39. The van der Waals surface area contributed by atoms with Crippen molar-refractivity contribution < 1.29 is 17.9 Å². The van der Waals surface area contributed by atoms with Crippen LogP contribution in [0, 0.1) is 0 Å². The van der Waals surface area contributed by atoms with E-state index in [-0.39, 0.29) is 23.7 Å². The zero-order chi connectivity index (χ0) is 15.0. The number of halogens is 3. The molecule has 2 N–H and O–H groups in total. The summed E-state index contributed by atoms with van der Waals surface area (Å²) in [6.07, 6.45) is -1.45. The Morgan fingerprint density at radius 1 is 1.14 bits per heavy atom. The van der Waals surface area contributed by atoms with E-state index in [1.54, 1.807) is 0 Å². The lowest BCUT2D eigenvalue weighted by Crippen LogP contribution is -2.32. The van der Waals surface area contributed by atoms with Crippen LogP contribution in [0.1, 0.15) is 31.5 Å². The van der Waals surface area contributed by atoms with Crippen LogP contribution in [-0.2, 0) is 6.18 Å². The Hall–Kier alpha value is -1.90. The molecule has 1 aliphatic rings. The molecule has 0 aliphatic heterocycles. The van der Waals surface area contributed by atoms with E-state index in [2.05, 4.69) is 15.3 Å². The summed E-state index contributed by atoms with van der Waals surface area (Å²) in [7, 11) is 0. The smallest absolute Gasteiger partial charge is 0.453 e. The fourth-order valence-electron chi connectivity index (χ4n) is 2.39. The number of hydrogen-bond acceptors (Lipinski definition) is 5. The van der Waals surface area contributed by atoms with Crippen molar-refractivity contribution >= 4 is 5.65 Å². The van der Waals surface area contributed by atoms with E-state index < -0.39 is 12.0 Å². The maximum absolute atomic E-state index is 12.8. The molecule has 2 aromatic rings. The van der Waals surface area contributed by atoms with Gasteiger partial charge in [-0.05, 0) is 31.7 Å². The van der Waals surface area contributed by atoms with Crippen molar-refractivity contribution in [3.63, 3.8) is 0 Å². The van der Waals surface area contributed by atoms with Crippen LogP contribution in [0.4, 0.5) is 13.2 Å². The quantitative estimate of drug-likeness (QED) is 0.915. The normalized spacial score (nSPS) is 23.4. The minimum absolute atomic E-state index is 0.0281. The molecule has 21 heavy (non-hydrogen) atoms. The van der Waals surface area contributed by atoms with E-state index in [4.69, 9.17) is 10.5 Å². The van der Waals surface area contributed by atoms with Crippen molar-refractivity contribution in [1.29, 1.82) is 0 Å². The van der Waals surface area contributed by atoms with Crippen LogP contribution >= 0.6 is 0 Å². The van der Waals surface area contributed by atoms with E-state index in [1.165, 1.54) is 12.1 Å². The molecule has 2 heterocycles. The predicted octanol–water partition coefficient (Wildman–Crippen LogP) is 1.79. The highest BCUT2D eigenvalue weighted by Crippen LogP contribution is 2.28. The Balaban J connectivity index is 1.83. The first kappa shape index (κ1) is 14.1. The number of alkyl halides is 3. The average Bonchev–Trinajstić information content (AvgIpc) is 2.84. The third-order valence-corrected chi connectivity index (χ3v) is 3.50. The first-order chi connectivity index (χ1) is 9.93. The molecule has 1 saturated carbocycles. The van der Waals surface area contributed by atoms with Crippen molar-refractivity contribution in [1.82, 2.24) is 19.8 Å². The Bertz CT molecular complexity index is 633. The summed E-state index contributed by atoms with van der Waals surface area (Å²) in [5.41, 5.74) is 5.83. The van der Waals surface area contributed by atoms with E-state index in [1.807, 2.05) is 0 Å². The fraction of sp³-hybridized carbons (Fsp3) is 0.583. The van der Waals surface area contributed by atoms with Gasteiger partial charge < -0.3 is 10.5 Å². The lowest BCUT2D eigenvalue weighted by Gasteiger charge is -2.26. The van der Waals surface area contributed by atoms with Gasteiger partial charge in [-0.2, -0.15) is 17.7 Å². The second-order valence-electron chi connectivity index (χ2n) is 5.12. The van der Waals surface area contributed by atoms with Crippen LogP contribution in [0.3, 0.4) is 0 Å². The standard InChI is InChI=1S/C12H14F3N5O/c13-12(14,15)11-18-17-9-5-6-10(19-20(9)11)21-8-3-1-7(16)2-4-8/h5-8H,1-4,16H2/t7-,8-. The molecule has 0 atom stereocenters. The van der Waals surface area contributed by atoms with E-state index >= 15 is 0 Å². The van der Waals surface area contributed by atoms with Crippen molar-refractivity contribution in [2.75, 3.05) is 0 Å². The Kier molecular flexibility index (Phi) is 3.44. The van der Waals surface area contributed by atoms with Crippen LogP contribution in [0.2, 0.25) is 0 Å². The first-order valence-corrected chi connectivity index (χ1v) is 6.65. The van der Waals surface area contributed by atoms with Crippen LogP contribution in [0.25, 0.3) is 5.65 Å². The van der Waals surface area contributed by atoms with Crippen molar-refractivity contribution in [3.8, 4) is 5.88 Å². The highest BCUT2D eigenvalue weighted by atomic mass is 19.4. The van der Waals surface area contributed by atoms with Crippen molar-refractivity contribution in [3.05, 3.63) is 18.0 Å². The summed E-state index contributed by atoms with van der Waals surface area (Å²) in [5.74, 6) is -1.03. The number of nitrogens with two attached hydrogens (primary N) is 1. The lowest BCUT2D eigenvalue weighted by molar-refractivity contribution is -0.146. The third kappa shape index (κ3) is 2.92. The summed E-state index contributed by atoms with van der Waals surface area (Å²) in [5, 5.41) is 10.4. The van der Waals surface area contributed by atoms with Crippen molar-refractivity contribution in [2.24, 2.45) is 5.73 Å². The molecule has 114 valence electrons. The predicted molar refractivity (Wildman–Crippen MR) is 66.6 cm³/mol. The van der Waals surface area contributed by atoms with Gasteiger partial charge in [0.1, 0.15) is 6.10 Å². The van der Waals surface area contributed by atoms with Crippen molar-refractivity contribution in [2.45, 2.75) is 44.0 Å². The minimum Gasteiger partial charge on any atom is -0.473 e.